The van der Waals surface area contributed by atoms with Crippen molar-refractivity contribution >= 4 is 29.1 Å². The fraction of sp³-hybridized carbons (Fsp3) is 0.375. The van der Waals surface area contributed by atoms with Gasteiger partial charge in [-0.2, -0.15) is 13.2 Å². The molecule has 0 fully saturated rings. The van der Waals surface area contributed by atoms with Gasteiger partial charge in [-0.05, 0) is 12.1 Å². The largest absolute Gasteiger partial charge is 0.418 e. The minimum absolute atomic E-state index is 0.0426. The van der Waals surface area contributed by atoms with Gasteiger partial charge < -0.3 is 15.0 Å². The summed E-state index contributed by atoms with van der Waals surface area (Å²) in [5, 5.41) is 11.1. The van der Waals surface area contributed by atoms with Crippen molar-refractivity contribution in [1.82, 2.24) is 4.90 Å². The van der Waals surface area contributed by atoms with E-state index in [9.17, 15) is 18.0 Å². The molecule has 2 rings (SSSR count). The maximum atomic E-state index is 13.1. The Balaban J connectivity index is 2.32. The Bertz CT molecular complexity index is 704. The van der Waals surface area contributed by atoms with Crippen molar-refractivity contribution in [3.63, 3.8) is 0 Å². The first kappa shape index (κ1) is 19.3. The van der Waals surface area contributed by atoms with E-state index in [4.69, 9.17) is 10.1 Å². The van der Waals surface area contributed by atoms with Gasteiger partial charge in [-0.15, -0.1) is 0 Å². The third kappa shape index (κ3) is 4.55. The van der Waals surface area contributed by atoms with Crippen LogP contribution in [0.5, 0.6) is 0 Å². The highest BCUT2D eigenvalue weighted by molar-refractivity contribution is 8.04. The van der Waals surface area contributed by atoms with E-state index in [0.29, 0.717) is 13.2 Å². The Labute approximate surface area is 147 Å². The number of ether oxygens (including phenoxy) is 1. The quantitative estimate of drug-likeness (QED) is 0.592. The zero-order chi connectivity index (χ0) is 18.6. The van der Waals surface area contributed by atoms with Crippen LogP contribution in [0, 0.1) is 5.41 Å². The lowest BCUT2D eigenvalue weighted by Gasteiger charge is -2.21. The number of para-hydroxylation sites is 1. The number of thioether (sulfide) groups is 1. The molecule has 0 atom stereocenters. The number of carbonyl (C=O) groups is 1. The van der Waals surface area contributed by atoms with Crippen LogP contribution < -0.4 is 5.32 Å². The standard InChI is InChI=1S/C16H18F3N3O2S/c1-22(7-8-24-2)14(20)13-12(23)9-25-15(13)21-11-6-4-3-5-10(11)16(17,18)19/h3-6,20-21H,7-9H2,1-2H3. The van der Waals surface area contributed by atoms with Crippen LogP contribution in [-0.2, 0) is 15.7 Å². The molecule has 1 aliphatic rings. The molecule has 0 amide bonds. The summed E-state index contributed by atoms with van der Waals surface area (Å²) in [5.74, 6) is -0.239. The summed E-state index contributed by atoms with van der Waals surface area (Å²) in [6.07, 6.45) is -4.51. The number of hydrogen-bond donors (Lipinski definition) is 2. The first-order valence-electron chi connectivity index (χ1n) is 7.38. The highest BCUT2D eigenvalue weighted by Gasteiger charge is 2.35. The van der Waals surface area contributed by atoms with Gasteiger partial charge in [0.1, 0.15) is 5.84 Å². The second-order valence-corrected chi connectivity index (χ2v) is 6.33. The smallest absolute Gasteiger partial charge is 0.383 e. The fourth-order valence-corrected chi connectivity index (χ4v) is 3.20. The topological polar surface area (TPSA) is 65.4 Å². The van der Waals surface area contributed by atoms with Crippen LogP contribution in [-0.4, -0.2) is 49.6 Å². The van der Waals surface area contributed by atoms with Crippen molar-refractivity contribution in [3.8, 4) is 0 Å². The van der Waals surface area contributed by atoms with Gasteiger partial charge in [-0.1, -0.05) is 23.9 Å². The van der Waals surface area contributed by atoms with Gasteiger partial charge in [0.15, 0.2) is 5.78 Å². The molecule has 0 aromatic heterocycles. The van der Waals surface area contributed by atoms with Gasteiger partial charge in [-0.3, -0.25) is 10.2 Å². The lowest BCUT2D eigenvalue weighted by Crippen LogP contribution is -2.33. The van der Waals surface area contributed by atoms with Crippen molar-refractivity contribution in [1.29, 1.82) is 5.41 Å². The number of methoxy groups -OCH3 is 1. The molecule has 5 nitrogen and oxygen atoms in total. The van der Waals surface area contributed by atoms with E-state index in [1.54, 1.807) is 7.05 Å². The minimum atomic E-state index is -4.51. The van der Waals surface area contributed by atoms with E-state index in [-0.39, 0.29) is 33.7 Å². The number of alkyl halides is 3. The van der Waals surface area contributed by atoms with Gasteiger partial charge in [0.25, 0.3) is 0 Å². The van der Waals surface area contributed by atoms with E-state index >= 15 is 0 Å². The number of hydrogen-bond acceptors (Lipinski definition) is 5. The number of Topliss-reactive ketones (excluding diaryl/α,β-unsaturated/α-hetero) is 1. The number of ketones is 1. The van der Waals surface area contributed by atoms with Crippen LogP contribution in [0.15, 0.2) is 34.9 Å². The van der Waals surface area contributed by atoms with E-state index in [1.165, 1.54) is 30.2 Å². The Morgan fingerprint density at radius 1 is 1.40 bits per heavy atom. The van der Waals surface area contributed by atoms with Gasteiger partial charge in [0.2, 0.25) is 0 Å². The lowest BCUT2D eigenvalue weighted by atomic mass is 10.1. The highest BCUT2D eigenvalue weighted by Crippen LogP contribution is 2.38. The number of rotatable bonds is 6. The zero-order valence-corrected chi connectivity index (χ0v) is 14.6. The Kier molecular flexibility index (Phi) is 6.12. The summed E-state index contributed by atoms with van der Waals surface area (Å²) < 4.78 is 44.3. The number of nitrogens with one attached hydrogen (secondary N) is 2. The summed E-state index contributed by atoms with van der Waals surface area (Å²) in [6, 6.07) is 5.06. The molecule has 0 saturated heterocycles. The lowest BCUT2D eigenvalue weighted by molar-refractivity contribution is -0.136. The minimum Gasteiger partial charge on any atom is -0.383 e. The Hall–Kier alpha value is -2.00. The van der Waals surface area contributed by atoms with E-state index in [1.807, 2.05) is 0 Å². The Morgan fingerprint density at radius 3 is 2.72 bits per heavy atom. The molecule has 9 heteroatoms. The number of nitrogens with zero attached hydrogens (tertiary/aromatic N) is 1. The summed E-state index contributed by atoms with van der Waals surface area (Å²) >= 11 is 1.10. The third-order valence-corrected chi connectivity index (χ3v) is 4.58. The van der Waals surface area contributed by atoms with Crippen molar-refractivity contribution in [3.05, 3.63) is 40.4 Å². The SMILES string of the molecule is COCCN(C)C(=N)C1=C(Nc2ccccc2C(F)(F)F)SCC1=O. The predicted molar refractivity (Wildman–Crippen MR) is 91.8 cm³/mol. The first-order valence-corrected chi connectivity index (χ1v) is 8.36. The van der Waals surface area contributed by atoms with Crippen LogP contribution in [0.1, 0.15) is 5.56 Å². The second kappa shape index (κ2) is 7.92. The molecule has 2 N–H and O–H groups in total. The fourth-order valence-electron chi connectivity index (χ4n) is 2.24. The molecule has 1 aromatic carbocycles. The van der Waals surface area contributed by atoms with Crippen molar-refractivity contribution in [2.24, 2.45) is 0 Å². The molecule has 0 unspecified atom stereocenters. The van der Waals surface area contributed by atoms with Crippen LogP contribution in [0.25, 0.3) is 0 Å². The van der Waals surface area contributed by atoms with Crippen LogP contribution in [0.2, 0.25) is 0 Å². The number of anilines is 1. The molecule has 0 saturated carbocycles. The molecule has 25 heavy (non-hydrogen) atoms. The Morgan fingerprint density at radius 2 is 2.08 bits per heavy atom. The molecule has 0 bridgehead atoms. The van der Waals surface area contributed by atoms with E-state index < -0.39 is 11.7 Å². The molecular weight excluding hydrogens is 355 g/mol. The van der Waals surface area contributed by atoms with Crippen molar-refractivity contribution < 1.29 is 22.7 Å². The molecule has 1 aliphatic heterocycles. The molecule has 0 aliphatic carbocycles. The number of amidine groups is 1. The van der Waals surface area contributed by atoms with Crippen LogP contribution >= 0.6 is 11.8 Å². The summed E-state index contributed by atoms with van der Waals surface area (Å²) in [5.41, 5.74) is -0.862. The molecule has 1 aromatic rings. The van der Waals surface area contributed by atoms with Crippen LogP contribution in [0.3, 0.4) is 0 Å². The molecule has 0 radical (unpaired) electrons. The van der Waals surface area contributed by atoms with Gasteiger partial charge in [0.05, 0.1) is 34.2 Å². The normalized spacial score (nSPS) is 14.8. The van der Waals surface area contributed by atoms with Gasteiger partial charge in [0, 0.05) is 20.7 Å². The number of benzene rings is 1. The highest BCUT2D eigenvalue weighted by atomic mass is 32.2. The van der Waals surface area contributed by atoms with Crippen LogP contribution in [0.4, 0.5) is 18.9 Å². The number of halogens is 3. The average molecular weight is 373 g/mol. The predicted octanol–water partition coefficient (Wildman–Crippen LogP) is 3.20. The second-order valence-electron chi connectivity index (χ2n) is 5.35. The summed E-state index contributed by atoms with van der Waals surface area (Å²) in [6.45, 7) is 0.760. The van der Waals surface area contributed by atoms with Crippen molar-refractivity contribution in [2.45, 2.75) is 6.18 Å². The monoisotopic (exact) mass is 373 g/mol. The third-order valence-electron chi connectivity index (χ3n) is 3.58. The average Bonchev–Trinajstić information content (AvgIpc) is 2.91. The van der Waals surface area contributed by atoms with Gasteiger partial charge in [-0.25, -0.2) is 0 Å². The molecule has 136 valence electrons. The molecule has 0 spiro atoms. The number of carbonyl (C=O) groups excluding carboxylic acids is 1. The summed E-state index contributed by atoms with van der Waals surface area (Å²) in [4.78, 5) is 13.7. The number of likely N-dealkylation sites (N-methyl/N-ethyl adjacent to an activating group) is 1. The first-order chi connectivity index (χ1) is 11.8. The molecule has 1 heterocycles. The summed E-state index contributed by atoms with van der Waals surface area (Å²) in [7, 11) is 3.15. The van der Waals surface area contributed by atoms with Gasteiger partial charge >= 0.3 is 6.18 Å². The zero-order valence-electron chi connectivity index (χ0n) is 13.7. The maximum absolute atomic E-state index is 13.1. The van der Waals surface area contributed by atoms with Crippen molar-refractivity contribution in [2.75, 3.05) is 38.4 Å². The molecular formula is C16H18F3N3O2S. The van der Waals surface area contributed by atoms with E-state index in [0.717, 1.165) is 17.8 Å². The van der Waals surface area contributed by atoms with E-state index in [2.05, 4.69) is 5.32 Å². The maximum Gasteiger partial charge on any atom is 0.418 e.